The molecule has 94 valence electrons. The molecule has 0 spiro atoms. The number of anilines is 1. The first-order valence-corrected chi connectivity index (χ1v) is 6.05. The summed E-state index contributed by atoms with van der Waals surface area (Å²) in [5.74, 6) is 0. The summed E-state index contributed by atoms with van der Waals surface area (Å²) >= 11 is 0. The number of rotatable bonds is 2. The van der Waals surface area contributed by atoms with Crippen molar-refractivity contribution in [3.05, 3.63) is 47.3 Å². The number of para-hydroxylation sites is 1. The zero-order chi connectivity index (χ0) is 13.1. The van der Waals surface area contributed by atoms with Crippen molar-refractivity contribution in [1.82, 2.24) is 9.78 Å². The van der Waals surface area contributed by atoms with Crippen molar-refractivity contribution in [2.24, 2.45) is 0 Å². The van der Waals surface area contributed by atoms with Gasteiger partial charge in [0.2, 0.25) is 0 Å². The maximum atomic E-state index is 12.1. The van der Waals surface area contributed by atoms with Gasteiger partial charge in [0.15, 0.2) is 0 Å². The van der Waals surface area contributed by atoms with E-state index in [1.54, 1.807) is 0 Å². The zero-order valence-electron chi connectivity index (χ0n) is 10.9. The van der Waals surface area contributed by atoms with E-state index >= 15 is 0 Å². The molecule has 0 saturated heterocycles. The molecule has 18 heavy (non-hydrogen) atoms. The van der Waals surface area contributed by atoms with Crippen LogP contribution in [0.1, 0.15) is 23.9 Å². The highest BCUT2D eigenvalue weighted by atomic mass is 16.2. The molecule has 2 rings (SSSR count). The summed E-state index contributed by atoms with van der Waals surface area (Å²) in [5.41, 5.74) is 3.71. The topological polar surface area (TPSA) is 46.9 Å². The summed E-state index contributed by atoms with van der Waals surface area (Å²) in [6, 6.07) is 9.16. The number of amides is 1. The van der Waals surface area contributed by atoms with Gasteiger partial charge in [0.25, 0.3) is 0 Å². The second-order valence-electron chi connectivity index (χ2n) is 4.22. The quantitative estimate of drug-likeness (QED) is 0.880. The van der Waals surface area contributed by atoms with E-state index in [1.807, 2.05) is 51.1 Å². The number of aromatic nitrogens is 2. The first kappa shape index (κ1) is 12.4. The van der Waals surface area contributed by atoms with Crippen LogP contribution in [0.15, 0.2) is 30.3 Å². The van der Waals surface area contributed by atoms with Gasteiger partial charge in [-0.2, -0.15) is 9.78 Å². The highest BCUT2D eigenvalue weighted by molar-refractivity contribution is 5.91. The van der Waals surface area contributed by atoms with E-state index in [0.29, 0.717) is 0 Å². The Bertz CT molecular complexity index is 558. The van der Waals surface area contributed by atoms with Crippen LogP contribution in [0.4, 0.5) is 10.5 Å². The van der Waals surface area contributed by atoms with Crippen molar-refractivity contribution in [3.8, 4) is 0 Å². The summed E-state index contributed by atoms with van der Waals surface area (Å²) in [6.45, 7) is 5.94. The highest BCUT2D eigenvalue weighted by Gasteiger charge is 2.14. The van der Waals surface area contributed by atoms with E-state index in [2.05, 4.69) is 10.4 Å². The molecule has 1 heterocycles. The van der Waals surface area contributed by atoms with Gasteiger partial charge in [0.1, 0.15) is 0 Å². The maximum absolute atomic E-state index is 12.1. The molecule has 0 aliphatic heterocycles. The number of hydrogen-bond acceptors (Lipinski definition) is 2. The van der Waals surface area contributed by atoms with Gasteiger partial charge in [-0.3, -0.25) is 0 Å². The molecule has 1 aromatic carbocycles. The summed E-state index contributed by atoms with van der Waals surface area (Å²) < 4.78 is 1.43. The molecule has 0 unspecified atom stereocenters. The number of carbonyl (C=O) groups is 1. The minimum atomic E-state index is -0.221. The van der Waals surface area contributed by atoms with Crippen molar-refractivity contribution in [2.75, 3.05) is 5.32 Å². The molecule has 0 bridgehead atoms. The minimum absolute atomic E-state index is 0.221. The third kappa shape index (κ3) is 2.27. The molecular weight excluding hydrogens is 226 g/mol. The highest BCUT2D eigenvalue weighted by Crippen LogP contribution is 2.14. The molecule has 1 N–H and O–H groups in total. The Labute approximate surface area is 107 Å². The van der Waals surface area contributed by atoms with E-state index in [9.17, 15) is 4.79 Å². The summed E-state index contributed by atoms with van der Waals surface area (Å²) in [6.07, 6.45) is 0.832. The fourth-order valence-corrected chi connectivity index (χ4v) is 1.87. The van der Waals surface area contributed by atoms with Crippen molar-refractivity contribution < 1.29 is 4.79 Å². The van der Waals surface area contributed by atoms with Crippen LogP contribution in [0.2, 0.25) is 0 Å². The van der Waals surface area contributed by atoms with Crippen LogP contribution in [-0.2, 0) is 6.42 Å². The van der Waals surface area contributed by atoms with E-state index in [4.69, 9.17) is 0 Å². The molecule has 1 aromatic heterocycles. The summed E-state index contributed by atoms with van der Waals surface area (Å²) in [5, 5.41) is 7.15. The molecule has 0 aliphatic carbocycles. The normalized spacial score (nSPS) is 10.4. The van der Waals surface area contributed by atoms with Gasteiger partial charge in [0.05, 0.1) is 5.69 Å². The number of hydrogen-bond donors (Lipinski definition) is 1. The lowest BCUT2D eigenvalue weighted by Gasteiger charge is -2.06. The zero-order valence-corrected chi connectivity index (χ0v) is 10.9. The SMILES string of the molecule is CCc1nn(C(=O)Nc2ccccc2)c(C)c1C. The van der Waals surface area contributed by atoms with Gasteiger partial charge >= 0.3 is 6.03 Å². The number of benzene rings is 1. The van der Waals surface area contributed by atoms with Crippen LogP contribution in [0, 0.1) is 13.8 Å². The lowest BCUT2D eigenvalue weighted by molar-refractivity contribution is 0.250. The predicted octanol–water partition coefficient (Wildman–Crippen LogP) is 3.14. The van der Waals surface area contributed by atoms with Gasteiger partial charge < -0.3 is 5.32 Å². The first-order chi connectivity index (χ1) is 8.63. The van der Waals surface area contributed by atoms with Crippen molar-refractivity contribution in [3.63, 3.8) is 0 Å². The van der Waals surface area contributed by atoms with Gasteiger partial charge in [0, 0.05) is 11.4 Å². The van der Waals surface area contributed by atoms with Crippen molar-refractivity contribution >= 4 is 11.7 Å². The maximum Gasteiger partial charge on any atom is 0.346 e. The third-order valence-corrected chi connectivity index (χ3v) is 3.07. The first-order valence-electron chi connectivity index (χ1n) is 6.05. The van der Waals surface area contributed by atoms with E-state index < -0.39 is 0 Å². The second kappa shape index (κ2) is 5.04. The Morgan fingerprint density at radius 1 is 1.28 bits per heavy atom. The Kier molecular flexibility index (Phi) is 3.46. The fraction of sp³-hybridized carbons (Fsp3) is 0.286. The fourth-order valence-electron chi connectivity index (χ4n) is 1.87. The van der Waals surface area contributed by atoms with E-state index in [-0.39, 0.29) is 6.03 Å². The molecular formula is C14H17N3O. The molecule has 4 heteroatoms. The van der Waals surface area contributed by atoms with Crippen LogP contribution < -0.4 is 5.32 Å². The van der Waals surface area contributed by atoms with Gasteiger partial charge in [-0.25, -0.2) is 4.79 Å². The average Bonchev–Trinajstić information content (AvgIpc) is 2.67. The smallest absolute Gasteiger partial charge is 0.306 e. The molecule has 0 fully saturated rings. The molecule has 1 amide bonds. The minimum Gasteiger partial charge on any atom is -0.306 e. The molecule has 2 aromatic rings. The van der Waals surface area contributed by atoms with E-state index in [1.165, 1.54) is 4.68 Å². The standard InChI is InChI=1S/C14H17N3O/c1-4-13-10(2)11(3)17(16-13)14(18)15-12-8-6-5-7-9-12/h5-9H,4H2,1-3H3,(H,15,18). The predicted molar refractivity (Wildman–Crippen MR) is 71.9 cm³/mol. The Hall–Kier alpha value is -2.10. The lowest BCUT2D eigenvalue weighted by Crippen LogP contribution is -2.22. The number of aryl methyl sites for hydroxylation is 1. The summed E-state index contributed by atoms with van der Waals surface area (Å²) in [7, 11) is 0. The lowest BCUT2D eigenvalue weighted by atomic mass is 10.2. The number of nitrogens with one attached hydrogen (secondary N) is 1. The second-order valence-corrected chi connectivity index (χ2v) is 4.22. The third-order valence-electron chi connectivity index (χ3n) is 3.07. The van der Waals surface area contributed by atoms with E-state index in [0.717, 1.165) is 29.1 Å². The molecule has 4 nitrogen and oxygen atoms in total. The van der Waals surface area contributed by atoms with Crippen LogP contribution in [0.25, 0.3) is 0 Å². The monoisotopic (exact) mass is 243 g/mol. The Morgan fingerprint density at radius 3 is 2.50 bits per heavy atom. The molecule has 0 atom stereocenters. The summed E-state index contributed by atoms with van der Waals surface area (Å²) in [4.78, 5) is 12.1. The molecule has 0 radical (unpaired) electrons. The van der Waals surface area contributed by atoms with Crippen molar-refractivity contribution in [1.29, 1.82) is 0 Å². The van der Waals surface area contributed by atoms with Crippen LogP contribution >= 0.6 is 0 Å². The number of carbonyl (C=O) groups excluding carboxylic acids is 1. The van der Waals surface area contributed by atoms with Gasteiger partial charge in [-0.1, -0.05) is 25.1 Å². The van der Waals surface area contributed by atoms with Crippen LogP contribution in [-0.4, -0.2) is 15.8 Å². The van der Waals surface area contributed by atoms with Gasteiger partial charge in [-0.15, -0.1) is 0 Å². The number of nitrogens with zero attached hydrogens (tertiary/aromatic N) is 2. The molecule has 0 saturated carbocycles. The van der Waals surface area contributed by atoms with Crippen LogP contribution in [0.5, 0.6) is 0 Å². The Balaban J connectivity index is 2.24. The van der Waals surface area contributed by atoms with Gasteiger partial charge in [-0.05, 0) is 38.0 Å². The largest absolute Gasteiger partial charge is 0.346 e. The van der Waals surface area contributed by atoms with Crippen LogP contribution in [0.3, 0.4) is 0 Å². The Morgan fingerprint density at radius 2 is 1.94 bits per heavy atom. The molecule has 0 aliphatic rings. The average molecular weight is 243 g/mol. The van der Waals surface area contributed by atoms with Crippen molar-refractivity contribution in [2.45, 2.75) is 27.2 Å².